The molecule has 1 aromatic carbocycles. The standard InChI is InChI=1S/C12H16N2O/c1-10(7-13)8-14-12(9-15)11-5-3-2-4-6-11/h2-6,10,12,14-15H,8-9H2,1H3. The summed E-state index contributed by atoms with van der Waals surface area (Å²) in [5.74, 6) is -0.0391. The van der Waals surface area contributed by atoms with Crippen LogP contribution in [0.25, 0.3) is 0 Å². The van der Waals surface area contributed by atoms with Gasteiger partial charge in [0.05, 0.1) is 24.6 Å². The van der Waals surface area contributed by atoms with Crippen molar-refractivity contribution in [2.75, 3.05) is 13.2 Å². The molecule has 0 bridgehead atoms. The molecular formula is C12H16N2O. The van der Waals surface area contributed by atoms with E-state index in [0.29, 0.717) is 6.54 Å². The van der Waals surface area contributed by atoms with Crippen molar-refractivity contribution in [2.24, 2.45) is 5.92 Å². The van der Waals surface area contributed by atoms with Crippen LogP contribution in [0.1, 0.15) is 18.5 Å². The molecule has 0 saturated carbocycles. The van der Waals surface area contributed by atoms with E-state index in [1.165, 1.54) is 0 Å². The largest absolute Gasteiger partial charge is 0.394 e. The van der Waals surface area contributed by atoms with Crippen molar-refractivity contribution in [1.82, 2.24) is 5.32 Å². The Morgan fingerprint density at radius 3 is 2.60 bits per heavy atom. The Morgan fingerprint density at radius 2 is 2.07 bits per heavy atom. The van der Waals surface area contributed by atoms with Crippen LogP contribution in [0, 0.1) is 17.2 Å². The Bertz CT molecular complexity index is 318. The molecule has 0 aliphatic carbocycles. The zero-order chi connectivity index (χ0) is 11.1. The van der Waals surface area contributed by atoms with Gasteiger partial charge in [-0.1, -0.05) is 30.3 Å². The van der Waals surface area contributed by atoms with E-state index >= 15 is 0 Å². The molecular weight excluding hydrogens is 188 g/mol. The van der Waals surface area contributed by atoms with E-state index in [1.807, 2.05) is 37.3 Å². The van der Waals surface area contributed by atoms with Gasteiger partial charge in [0.25, 0.3) is 0 Å². The maximum atomic E-state index is 9.22. The number of benzene rings is 1. The summed E-state index contributed by atoms with van der Waals surface area (Å²) in [5, 5.41) is 21.0. The molecule has 0 aromatic heterocycles. The molecule has 1 rings (SSSR count). The number of hydrogen-bond acceptors (Lipinski definition) is 3. The first kappa shape index (κ1) is 11.7. The Labute approximate surface area is 90.4 Å². The lowest BCUT2D eigenvalue weighted by Gasteiger charge is -2.17. The second-order valence-electron chi connectivity index (χ2n) is 3.58. The summed E-state index contributed by atoms with van der Waals surface area (Å²) in [5.41, 5.74) is 1.05. The number of aliphatic hydroxyl groups is 1. The molecule has 3 nitrogen and oxygen atoms in total. The van der Waals surface area contributed by atoms with Crippen molar-refractivity contribution in [1.29, 1.82) is 5.26 Å². The molecule has 2 N–H and O–H groups in total. The zero-order valence-electron chi connectivity index (χ0n) is 8.85. The zero-order valence-corrected chi connectivity index (χ0v) is 8.85. The van der Waals surface area contributed by atoms with E-state index in [9.17, 15) is 5.11 Å². The summed E-state index contributed by atoms with van der Waals surface area (Å²) in [7, 11) is 0. The Balaban J connectivity index is 2.54. The van der Waals surface area contributed by atoms with Crippen LogP contribution in [0.4, 0.5) is 0 Å². The van der Waals surface area contributed by atoms with Crippen LogP contribution in [-0.2, 0) is 0 Å². The van der Waals surface area contributed by atoms with Crippen molar-refractivity contribution < 1.29 is 5.11 Å². The maximum absolute atomic E-state index is 9.22. The average Bonchev–Trinajstić information content (AvgIpc) is 2.31. The summed E-state index contributed by atoms with van der Waals surface area (Å²) >= 11 is 0. The Kier molecular flexibility index (Phi) is 4.82. The first-order chi connectivity index (χ1) is 7.27. The molecule has 2 unspecified atom stereocenters. The van der Waals surface area contributed by atoms with E-state index in [0.717, 1.165) is 5.56 Å². The van der Waals surface area contributed by atoms with E-state index < -0.39 is 0 Å². The number of aliphatic hydroxyl groups excluding tert-OH is 1. The lowest BCUT2D eigenvalue weighted by molar-refractivity contribution is 0.242. The van der Waals surface area contributed by atoms with Gasteiger partial charge in [-0.2, -0.15) is 5.26 Å². The molecule has 0 saturated heterocycles. The van der Waals surface area contributed by atoms with Crippen LogP contribution >= 0.6 is 0 Å². The minimum atomic E-state index is -0.0815. The fourth-order valence-corrected chi connectivity index (χ4v) is 1.34. The third kappa shape index (κ3) is 3.70. The van der Waals surface area contributed by atoms with Gasteiger partial charge in [0.2, 0.25) is 0 Å². The summed E-state index contributed by atoms with van der Waals surface area (Å²) in [6.45, 7) is 2.49. The normalized spacial score (nSPS) is 14.2. The minimum Gasteiger partial charge on any atom is -0.394 e. The molecule has 1 aromatic rings. The van der Waals surface area contributed by atoms with Crippen LogP contribution in [0.2, 0.25) is 0 Å². The number of nitriles is 1. The van der Waals surface area contributed by atoms with E-state index in [-0.39, 0.29) is 18.6 Å². The van der Waals surface area contributed by atoms with Gasteiger partial charge in [0, 0.05) is 6.54 Å². The molecule has 15 heavy (non-hydrogen) atoms. The Hall–Kier alpha value is -1.37. The average molecular weight is 204 g/mol. The summed E-state index contributed by atoms with van der Waals surface area (Å²) in [6, 6.07) is 11.8. The van der Waals surface area contributed by atoms with Gasteiger partial charge in [-0.05, 0) is 12.5 Å². The van der Waals surface area contributed by atoms with Crippen LogP contribution in [0.15, 0.2) is 30.3 Å². The fraction of sp³-hybridized carbons (Fsp3) is 0.417. The van der Waals surface area contributed by atoms with Crippen LogP contribution in [-0.4, -0.2) is 18.3 Å². The molecule has 0 heterocycles. The van der Waals surface area contributed by atoms with Crippen molar-refractivity contribution in [3.63, 3.8) is 0 Å². The summed E-state index contributed by atoms with van der Waals surface area (Å²) in [4.78, 5) is 0. The first-order valence-electron chi connectivity index (χ1n) is 5.06. The number of hydrogen-bond donors (Lipinski definition) is 2. The van der Waals surface area contributed by atoms with Crippen LogP contribution in [0.5, 0.6) is 0 Å². The third-order valence-corrected chi connectivity index (χ3v) is 2.28. The predicted molar refractivity (Wildman–Crippen MR) is 59.0 cm³/mol. The molecule has 0 radical (unpaired) electrons. The molecule has 80 valence electrons. The molecule has 0 aliphatic rings. The number of nitrogens with zero attached hydrogens (tertiary/aromatic N) is 1. The van der Waals surface area contributed by atoms with E-state index in [2.05, 4.69) is 11.4 Å². The summed E-state index contributed by atoms with van der Waals surface area (Å²) in [6.07, 6.45) is 0. The second-order valence-corrected chi connectivity index (χ2v) is 3.58. The number of rotatable bonds is 5. The monoisotopic (exact) mass is 204 g/mol. The van der Waals surface area contributed by atoms with Gasteiger partial charge in [-0.3, -0.25) is 0 Å². The van der Waals surface area contributed by atoms with Crippen LogP contribution in [0.3, 0.4) is 0 Å². The maximum Gasteiger partial charge on any atom is 0.0666 e. The Morgan fingerprint density at radius 1 is 1.40 bits per heavy atom. The smallest absolute Gasteiger partial charge is 0.0666 e. The first-order valence-corrected chi connectivity index (χ1v) is 5.06. The number of nitrogens with one attached hydrogen (secondary N) is 1. The fourth-order valence-electron chi connectivity index (χ4n) is 1.34. The SMILES string of the molecule is CC(C#N)CNC(CO)c1ccccc1. The van der Waals surface area contributed by atoms with Gasteiger partial charge in [0.1, 0.15) is 0 Å². The minimum absolute atomic E-state index is 0.0391. The highest BCUT2D eigenvalue weighted by atomic mass is 16.3. The van der Waals surface area contributed by atoms with Gasteiger partial charge in [-0.25, -0.2) is 0 Å². The molecule has 0 spiro atoms. The topological polar surface area (TPSA) is 56.0 Å². The van der Waals surface area contributed by atoms with Gasteiger partial charge < -0.3 is 10.4 Å². The van der Waals surface area contributed by atoms with Gasteiger partial charge in [0.15, 0.2) is 0 Å². The molecule has 0 fully saturated rings. The third-order valence-electron chi connectivity index (χ3n) is 2.28. The molecule has 2 atom stereocenters. The lowest BCUT2D eigenvalue weighted by Crippen LogP contribution is -2.28. The molecule has 3 heteroatoms. The molecule has 0 aliphatic heterocycles. The van der Waals surface area contributed by atoms with Gasteiger partial charge >= 0.3 is 0 Å². The summed E-state index contributed by atoms with van der Waals surface area (Å²) < 4.78 is 0. The highest BCUT2D eigenvalue weighted by Gasteiger charge is 2.10. The van der Waals surface area contributed by atoms with Crippen LogP contribution < -0.4 is 5.32 Å². The second kappa shape index (κ2) is 6.18. The lowest BCUT2D eigenvalue weighted by atomic mass is 10.1. The quantitative estimate of drug-likeness (QED) is 0.763. The highest BCUT2D eigenvalue weighted by molar-refractivity contribution is 5.18. The van der Waals surface area contributed by atoms with Crippen molar-refractivity contribution in [3.8, 4) is 6.07 Å². The highest BCUT2D eigenvalue weighted by Crippen LogP contribution is 2.11. The predicted octanol–water partition coefficient (Wildman–Crippen LogP) is 1.47. The van der Waals surface area contributed by atoms with Crippen molar-refractivity contribution in [2.45, 2.75) is 13.0 Å². The molecule has 0 amide bonds. The van der Waals surface area contributed by atoms with Crippen molar-refractivity contribution >= 4 is 0 Å². The van der Waals surface area contributed by atoms with Gasteiger partial charge in [-0.15, -0.1) is 0 Å². The van der Waals surface area contributed by atoms with E-state index in [1.54, 1.807) is 0 Å². The van der Waals surface area contributed by atoms with E-state index in [4.69, 9.17) is 5.26 Å². The van der Waals surface area contributed by atoms with Crippen molar-refractivity contribution in [3.05, 3.63) is 35.9 Å².